The van der Waals surface area contributed by atoms with Gasteiger partial charge in [0.05, 0.1) is 72.2 Å². The van der Waals surface area contributed by atoms with Gasteiger partial charge in [0.25, 0.3) is 11.8 Å². The molecule has 2 aliphatic heterocycles. The molecule has 42 nitrogen and oxygen atoms in total. The molecule has 0 aliphatic carbocycles. The normalized spacial score (nSPS) is 23.0. The number of primary amides is 3. The van der Waals surface area contributed by atoms with E-state index in [-0.39, 0.29) is 65.9 Å². The Morgan fingerprint density at radius 2 is 1.49 bits per heavy atom. The first-order valence-corrected chi connectivity index (χ1v) is 35.2. The number of guanidine groups is 1. The molecule has 0 spiro atoms. The maximum atomic E-state index is 15.3. The zero-order valence-electron chi connectivity index (χ0n) is 57.1. The van der Waals surface area contributed by atoms with Gasteiger partial charge in [0.1, 0.15) is 76.3 Å². The number of aliphatic hydroxyl groups excluding tert-OH is 5. The van der Waals surface area contributed by atoms with Gasteiger partial charge in [0, 0.05) is 55.3 Å². The standard InChI is InChI=1S/C58H90N20O18S2.H2O4S/c1-8-33-22(2)23(3)43(94-55-42(84)45(96-58(65)91)41(83)34(18-79)93-55)56(92-33)95-44(30-17-66-21-71-30)39(77-52(89)37-24(4)46(61)78-48(75-37)29(15-35(60)81)70-16-28(59)47(62)85)53(90)72-26(6)40(82)25(5)49(86)76-38(27(7)80)51(88)68-14-11-36-73-32(20-97-36)54-74-31(19-98-54)50(87)67-12-9-10-13-69-57(63)64;1-5(2,3)4/h17,19-23,25-29,33-34,38-45,55-56,70,79-80,82-84H,8-16,18,59H2,1-7H3,(H2,60,81)(H2,62,85)(H2,65,91)(H,66,71)(H,67,87)(H,68,88)(H,72,90)(H,76,86)(H,77,89)(H2,61,75,78)(H4,63,64,69);(H2,1,2,3,4)/t22-,23+,25-,26+,27+,28+,29-,33-,34+,38+,39-,40+,41-,42-,43+,44-,45-,55-,56+;/m0./s1. The summed E-state index contributed by atoms with van der Waals surface area (Å²) in [6, 6.07) is -7.42. The lowest BCUT2D eigenvalue weighted by Crippen LogP contribution is -2.63. The molecule has 19 atom stereocenters. The van der Waals surface area contributed by atoms with E-state index in [2.05, 4.69) is 66.8 Å². The van der Waals surface area contributed by atoms with Gasteiger partial charge in [0.2, 0.25) is 29.5 Å². The number of aliphatic imine (C=N–C) groups is 1. The quantitative estimate of drug-likeness (QED) is 0.00874. The molecule has 574 valence electrons. The first kappa shape index (κ1) is 85.3. The first-order chi connectivity index (χ1) is 48.3. The second-order valence-corrected chi connectivity index (χ2v) is 26.9. The van der Waals surface area contributed by atoms with E-state index in [9.17, 15) is 54.3 Å². The number of unbranched alkanes of at least 4 members (excludes halogenated alkanes) is 1. The minimum absolute atomic E-state index is 0.00652. The summed E-state index contributed by atoms with van der Waals surface area (Å²) in [5, 5.41) is 75.8. The molecule has 0 bridgehead atoms. The Hall–Kier alpha value is -8.39. The molecule has 8 amide bonds. The van der Waals surface area contributed by atoms with Crippen molar-refractivity contribution in [3.8, 4) is 10.7 Å². The number of aromatic nitrogens is 6. The van der Waals surface area contributed by atoms with E-state index in [4.69, 9.17) is 81.3 Å². The smallest absolute Gasteiger partial charge is 0.404 e. The van der Waals surface area contributed by atoms with Gasteiger partial charge in [-0.3, -0.25) is 47.7 Å². The monoisotopic (exact) mass is 1520 g/mol. The maximum Gasteiger partial charge on any atom is 0.404 e. The highest BCUT2D eigenvalue weighted by Crippen LogP contribution is 2.40. The molecule has 28 N–H and O–H groups in total. The number of imidazole rings is 1. The van der Waals surface area contributed by atoms with Crippen LogP contribution < -0.4 is 72.0 Å². The number of hydrogen-bond donors (Lipinski definition) is 21. The van der Waals surface area contributed by atoms with Crippen LogP contribution in [0.3, 0.4) is 0 Å². The molecule has 45 heteroatoms. The van der Waals surface area contributed by atoms with Gasteiger partial charge >= 0.3 is 16.5 Å². The number of rotatable bonds is 36. The van der Waals surface area contributed by atoms with Crippen molar-refractivity contribution in [2.75, 3.05) is 38.5 Å². The Morgan fingerprint density at radius 1 is 0.806 bits per heavy atom. The molecule has 2 fully saturated rings. The summed E-state index contributed by atoms with van der Waals surface area (Å²) in [7, 11) is -4.67. The number of nitrogens with zero attached hydrogens (tertiary/aromatic N) is 6. The van der Waals surface area contributed by atoms with Crippen LogP contribution in [0.25, 0.3) is 10.7 Å². The average molecular weight is 1520 g/mol. The Labute approximate surface area is 598 Å². The number of ether oxygens (including phenoxy) is 5. The molecule has 0 unspecified atom stereocenters. The van der Waals surface area contributed by atoms with Crippen molar-refractivity contribution >= 4 is 92.3 Å². The van der Waals surface area contributed by atoms with E-state index in [0.717, 1.165) is 0 Å². The highest BCUT2D eigenvalue weighted by atomic mass is 32.3. The fraction of sp³-hybridized carbons (Fsp3) is 0.621. The highest BCUT2D eigenvalue weighted by molar-refractivity contribution is 7.79. The summed E-state index contributed by atoms with van der Waals surface area (Å²) >= 11 is 2.50. The number of nitrogen functional groups attached to an aromatic ring is 1. The summed E-state index contributed by atoms with van der Waals surface area (Å²) in [6.45, 7) is 10.4. The number of hydrogen-bond acceptors (Lipinski definition) is 31. The molecule has 0 aromatic carbocycles. The summed E-state index contributed by atoms with van der Waals surface area (Å²) in [5.74, 6) is -9.05. The van der Waals surface area contributed by atoms with Crippen LogP contribution in [0.4, 0.5) is 10.6 Å². The number of nitrogens with two attached hydrogens (primary N) is 7. The molecule has 6 heterocycles. The summed E-state index contributed by atoms with van der Waals surface area (Å²) in [6.07, 6.45) is -14.8. The Bertz CT molecular complexity index is 3640. The number of anilines is 1. The van der Waals surface area contributed by atoms with Crippen molar-refractivity contribution in [3.05, 3.63) is 56.8 Å². The van der Waals surface area contributed by atoms with Crippen LogP contribution >= 0.6 is 22.7 Å². The molecular formula is C58H92N20O22S3. The summed E-state index contributed by atoms with van der Waals surface area (Å²) in [4.78, 5) is 136. The minimum atomic E-state index is -4.67. The predicted molar refractivity (Wildman–Crippen MR) is 364 cm³/mol. The molecule has 4 aromatic rings. The number of carbonyl (C=O) groups excluding carboxylic acids is 8. The van der Waals surface area contributed by atoms with E-state index in [1.807, 2.05) is 13.8 Å². The number of amides is 8. The van der Waals surface area contributed by atoms with Crippen LogP contribution in [-0.2, 0) is 64.5 Å². The van der Waals surface area contributed by atoms with Crippen molar-refractivity contribution in [1.29, 1.82) is 0 Å². The first-order valence-electron chi connectivity index (χ1n) is 32.1. The van der Waals surface area contributed by atoms with Gasteiger partial charge < -0.3 is 126 Å². The molecule has 0 saturated carbocycles. The van der Waals surface area contributed by atoms with Gasteiger partial charge in [-0.05, 0) is 51.9 Å². The molecule has 6 rings (SSSR count). The number of H-pyrrole nitrogens is 1. The van der Waals surface area contributed by atoms with Crippen LogP contribution in [0.5, 0.6) is 0 Å². The molecule has 2 aliphatic rings. The van der Waals surface area contributed by atoms with Crippen LogP contribution in [0, 0.1) is 24.7 Å². The van der Waals surface area contributed by atoms with Crippen LogP contribution in [0.2, 0.25) is 0 Å². The zero-order valence-corrected chi connectivity index (χ0v) is 59.5. The van der Waals surface area contributed by atoms with Crippen LogP contribution in [0.15, 0.2) is 28.3 Å². The largest absolute Gasteiger partial charge is 0.441 e. The van der Waals surface area contributed by atoms with E-state index in [0.29, 0.717) is 48.1 Å². The van der Waals surface area contributed by atoms with E-state index < -0.39 is 180 Å². The van der Waals surface area contributed by atoms with E-state index in [1.54, 1.807) is 17.7 Å². The van der Waals surface area contributed by atoms with Gasteiger partial charge in [-0.2, -0.15) is 8.42 Å². The SMILES string of the molecule is CC[C@@H]1O[C@H](O[C@@H](c2cnc[nH]2)[C@H](NC(=O)c2nc([C@H](CC(N)=O)NC[C@@H](N)C(N)=O)nc(N)c2C)C(=O)N[C@H](C)[C@H](O)[C@H](C)C(=O)N[C@@H](C(=O)NCCc2nc(-c3nc(C(=O)NCCCCN=C(N)N)cs3)cs2)[C@@H](C)O)[C@H](O[C@@H]2O[C@H](CO)[C@H](O)[C@H](OC(N)=O)[C@@H]2O)[C@H](C)[C@@H]1C.O=S(=O)(O)O. The highest BCUT2D eigenvalue weighted by Gasteiger charge is 2.52. The lowest BCUT2D eigenvalue weighted by Gasteiger charge is -2.48. The van der Waals surface area contributed by atoms with Gasteiger partial charge in [0.15, 0.2) is 24.6 Å². The molecule has 103 heavy (non-hydrogen) atoms. The van der Waals surface area contributed by atoms with Crippen molar-refractivity contribution in [1.82, 2.24) is 61.8 Å². The van der Waals surface area contributed by atoms with Crippen molar-refractivity contribution in [3.63, 3.8) is 0 Å². The number of aromatic amines is 1. The predicted octanol–water partition coefficient (Wildman–Crippen LogP) is -5.60. The van der Waals surface area contributed by atoms with Crippen molar-refractivity contribution < 1.29 is 105 Å². The van der Waals surface area contributed by atoms with Gasteiger partial charge in [-0.1, -0.05) is 27.7 Å². The molecule has 4 aromatic heterocycles. The van der Waals surface area contributed by atoms with Crippen LogP contribution in [-0.4, -0.2) is 245 Å². The Morgan fingerprint density at radius 3 is 2.09 bits per heavy atom. The zero-order chi connectivity index (χ0) is 76.9. The summed E-state index contributed by atoms with van der Waals surface area (Å²) < 4.78 is 62.2. The third-order valence-electron chi connectivity index (χ3n) is 16.5. The number of thiazole rings is 2. The fourth-order valence-electron chi connectivity index (χ4n) is 10.6. The lowest BCUT2D eigenvalue weighted by molar-refractivity contribution is -0.360. The topological polar surface area (TPSA) is 705 Å². The van der Waals surface area contributed by atoms with E-state index >= 15 is 9.59 Å². The lowest BCUT2D eigenvalue weighted by atomic mass is 9.82. The molecule has 2 saturated heterocycles. The maximum absolute atomic E-state index is 15.3. The Kier molecular flexibility index (Phi) is 32.7. The van der Waals surface area contributed by atoms with Crippen LogP contribution in [0.1, 0.15) is 122 Å². The third-order valence-corrected chi connectivity index (χ3v) is 18.3. The van der Waals surface area contributed by atoms with Gasteiger partial charge in [-0.15, -0.1) is 22.7 Å². The number of nitrogens with one attached hydrogen (secondary N) is 7. The van der Waals surface area contributed by atoms with E-state index in [1.165, 1.54) is 62.9 Å². The second kappa shape index (κ2) is 39.5. The van der Waals surface area contributed by atoms with Gasteiger partial charge in [-0.25, -0.2) is 29.7 Å². The second-order valence-electron chi connectivity index (χ2n) is 24.2. The molecular weight excluding hydrogens is 1420 g/mol. The molecule has 0 radical (unpaired) electrons. The van der Waals surface area contributed by atoms with Crippen molar-refractivity contribution in [2.24, 2.45) is 57.1 Å². The number of carbonyl (C=O) groups is 8. The minimum Gasteiger partial charge on any atom is -0.441 e. The van der Waals surface area contributed by atoms with Crippen molar-refractivity contribution in [2.45, 2.75) is 178 Å². The summed E-state index contributed by atoms with van der Waals surface area (Å²) in [5.41, 5.74) is 39.4. The number of aliphatic hydroxyl groups is 5. The fourth-order valence-corrected chi connectivity index (χ4v) is 12.2. The average Bonchev–Trinajstić information content (AvgIpc) is 1.15. The third kappa shape index (κ3) is 25.2. The Balaban J connectivity index is 0.00000368.